The molecule has 0 unspecified atom stereocenters. The molecule has 0 radical (unpaired) electrons. The molecule has 1 fully saturated rings. The minimum absolute atomic E-state index is 0.149. The fourth-order valence-corrected chi connectivity index (χ4v) is 5.06. The fourth-order valence-electron chi connectivity index (χ4n) is 3.54. The van der Waals surface area contributed by atoms with Crippen LogP contribution in [-0.4, -0.2) is 42.6 Å². The molecule has 1 aromatic heterocycles. The Morgan fingerprint density at radius 1 is 1.03 bits per heavy atom. The molecule has 8 nitrogen and oxygen atoms in total. The second-order valence-corrected chi connectivity index (χ2v) is 9.18. The number of benzene rings is 2. The zero-order valence-electron chi connectivity index (χ0n) is 17.3. The summed E-state index contributed by atoms with van der Waals surface area (Å²) in [7, 11) is -3.61. The lowest BCUT2D eigenvalue weighted by atomic mass is 10.00. The largest absolute Gasteiger partial charge is 0.494 e. The van der Waals surface area contributed by atoms with Crippen molar-refractivity contribution < 1.29 is 22.3 Å². The van der Waals surface area contributed by atoms with E-state index >= 15 is 0 Å². The van der Waals surface area contributed by atoms with Crippen LogP contribution in [0.15, 0.2) is 63.9 Å². The molecular formula is C22H25N3O5S. The molecule has 1 saturated heterocycles. The summed E-state index contributed by atoms with van der Waals surface area (Å²) in [6.45, 7) is 3.34. The predicted molar refractivity (Wildman–Crippen MR) is 113 cm³/mol. The topological polar surface area (TPSA) is 94.8 Å². The van der Waals surface area contributed by atoms with Crippen molar-refractivity contribution >= 4 is 10.0 Å². The first-order chi connectivity index (χ1) is 15.1. The van der Waals surface area contributed by atoms with Crippen molar-refractivity contribution in [3.05, 3.63) is 66.4 Å². The highest BCUT2D eigenvalue weighted by atomic mass is 32.2. The molecule has 0 amide bonds. The van der Waals surface area contributed by atoms with Crippen molar-refractivity contribution in [1.82, 2.24) is 14.5 Å². The molecule has 164 valence electrons. The summed E-state index contributed by atoms with van der Waals surface area (Å²) in [5.74, 6) is 2.02. The molecule has 31 heavy (non-hydrogen) atoms. The van der Waals surface area contributed by atoms with E-state index in [0.29, 0.717) is 43.0 Å². The lowest BCUT2D eigenvalue weighted by Gasteiger charge is -2.30. The van der Waals surface area contributed by atoms with Gasteiger partial charge >= 0.3 is 0 Å². The van der Waals surface area contributed by atoms with Crippen LogP contribution in [0.5, 0.6) is 11.5 Å². The highest BCUT2D eigenvalue weighted by molar-refractivity contribution is 7.89. The van der Waals surface area contributed by atoms with Gasteiger partial charge in [0.1, 0.15) is 11.5 Å². The van der Waals surface area contributed by atoms with E-state index < -0.39 is 10.0 Å². The summed E-state index contributed by atoms with van der Waals surface area (Å²) in [6.07, 6.45) is 1.51. The molecule has 0 spiro atoms. The van der Waals surface area contributed by atoms with Crippen molar-refractivity contribution in [3.8, 4) is 11.5 Å². The smallest absolute Gasteiger partial charge is 0.253 e. The van der Waals surface area contributed by atoms with E-state index in [-0.39, 0.29) is 17.4 Å². The van der Waals surface area contributed by atoms with Gasteiger partial charge < -0.3 is 13.9 Å². The van der Waals surface area contributed by atoms with Crippen molar-refractivity contribution in [2.75, 3.05) is 19.7 Å². The van der Waals surface area contributed by atoms with E-state index in [1.54, 1.807) is 24.3 Å². The summed E-state index contributed by atoms with van der Waals surface area (Å²) < 4.78 is 44.5. The number of hydrogen-bond acceptors (Lipinski definition) is 7. The Morgan fingerprint density at radius 3 is 2.52 bits per heavy atom. The number of sulfonamides is 1. The van der Waals surface area contributed by atoms with Gasteiger partial charge in [0.2, 0.25) is 15.9 Å². The molecule has 9 heteroatoms. The van der Waals surface area contributed by atoms with E-state index in [2.05, 4.69) is 10.2 Å². The molecule has 4 rings (SSSR count). The molecule has 2 aromatic carbocycles. The van der Waals surface area contributed by atoms with Gasteiger partial charge in [-0.05, 0) is 56.2 Å². The van der Waals surface area contributed by atoms with Crippen molar-refractivity contribution in [1.29, 1.82) is 0 Å². The first-order valence-corrected chi connectivity index (χ1v) is 11.7. The Kier molecular flexibility index (Phi) is 6.53. The lowest BCUT2D eigenvalue weighted by Crippen LogP contribution is -2.39. The molecule has 1 aliphatic heterocycles. The van der Waals surface area contributed by atoms with Gasteiger partial charge in [0, 0.05) is 13.1 Å². The van der Waals surface area contributed by atoms with Gasteiger partial charge in [-0.15, -0.1) is 10.2 Å². The lowest BCUT2D eigenvalue weighted by molar-refractivity contribution is 0.243. The maximum absolute atomic E-state index is 13.1. The molecule has 0 aliphatic carbocycles. The third-order valence-corrected chi connectivity index (χ3v) is 6.97. The van der Waals surface area contributed by atoms with Crippen LogP contribution in [-0.2, 0) is 16.6 Å². The van der Waals surface area contributed by atoms with Crippen molar-refractivity contribution in [2.45, 2.75) is 37.2 Å². The standard InChI is InChI=1S/C22H25N3O5S/c1-2-28-19-10-12-20(13-11-19)31(26,27)25-14-6-7-17(15-25)22-24-23-21(30-22)16-29-18-8-4-3-5-9-18/h3-5,8-13,17H,2,6-7,14-16H2,1H3/t17-/m0/s1. The van der Waals surface area contributed by atoms with Crippen LogP contribution in [0.2, 0.25) is 0 Å². The molecule has 0 saturated carbocycles. The van der Waals surface area contributed by atoms with E-state index in [1.807, 2.05) is 37.3 Å². The molecular weight excluding hydrogens is 418 g/mol. The SMILES string of the molecule is CCOc1ccc(S(=O)(=O)N2CCC[C@H](c3nnc(COc4ccccc4)o3)C2)cc1. The average Bonchev–Trinajstić information content (AvgIpc) is 3.28. The first kappa shape index (κ1) is 21.3. The average molecular weight is 444 g/mol. The summed E-state index contributed by atoms with van der Waals surface area (Å²) in [6, 6.07) is 15.9. The molecule has 1 aliphatic rings. The molecule has 3 aromatic rings. The Morgan fingerprint density at radius 2 is 1.77 bits per heavy atom. The van der Waals surface area contributed by atoms with Crippen LogP contribution in [0.4, 0.5) is 0 Å². The van der Waals surface area contributed by atoms with Gasteiger partial charge in [-0.1, -0.05) is 18.2 Å². The molecule has 1 atom stereocenters. The van der Waals surface area contributed by atoms with Gasteiger partial charge in [0.05, 0.1) is 17.4 Å². The minimum Gasteiger partial charge on any atom is -0.494 e. The van der Waals surface area contributed by atoms with Crippen LogP contribution in [0.25, 0.3) is 0 Å². The fraction of sp³-hybridized carbons (Fsp3) is 0.364. The summed E-state index contributed by atoms with van der Waals surface area (Å²) >= 11 is 0. The maximum atomic E-state index is 13.1. The minimum atomic E-state index is -3.61. The number of nitrogens with zero attached hydrogens (tertiary/aromatic N) is 3. The van der Waals surface area contributed by atoms with Gasteiger partial charge in [-0.25, -0.2) is 8.42 Å². The van der Waals surface area contributed by atoms with Crippen LogP contribution in [0, 0.1) is 0 Å². The zero-order valence-corrected chi connectivity index (χ0v) is 18.1. The number of aromatic nitrogens is 2. The second-order valence-electron chi connectivity index (χ2n) is 7.24. The first-order valence-electron chi connectivity index (χ1n) is 10.3. The summed E-state index contributed by atoms with van der Waals surface area (Å²) in [5.41, 5.74) is 0. The van der Waals surface area contributed by atoms with E-state index in [1.165, 1.54) is 4.31 Å². The van der Waals surface area contributed by atoms with Crippen LogP contribution in [0.3, 0.4) is 0 Å². The predicted octanol–water partition coefficient (Wildman–Crippen LogP) is 3.62. The Bertz CT molecular complexity index is 1080. The van der Waals surface area contributed by atoms with Crippen LogP contribution < -0.4 is 9.47 Å². The van der Waals surface area contributed by atoms with Gasteiger partial charge in [-0.3, -0.25) is 0 Å². The molecule has 2 heterocycles. The van der Waals surface area contributed by atoms with Crippen LogP contribution >= 0.6 is 0 Å². The van der Waals surface area contributed by atoms with Gasteiger partial charge in [0.15, 0.2) is 6.61 Å². The Hall–Kier alpha value is -2.91. The number of hydrogen-bond donors (Lipinski definition) is 0. The maximum Gasteiger partial charge on any atom is 0.253 e. The summed E-state index contributed by atoms with van der Waals surface area (Å²) in [5, 5.41) is 8.19. The number of ether oxygens (including phenoxy) is 2. The third kappa shape index (κ3) is 5.05. The Balaban J connectivity index is 1.41. The highest BCUT2D eigenvalue weighted by Gasteiger charge is 2.33. The normalized spacial score (nSPS) is 17.4. The Labute approximate surface area is 181 Å². The zero-order chi connectivity index (χ0) is 21.7. The van der Waals surface area contributed by atoms with E-state index in [0.717, 1.165) is 12.8 Å². The third-order valence-electron chi connectivity index (χ3n) is 5.09. The summed E-state index contributed by atoms with van der Waals surface area (Å²) in [4.78, 5) is 0.249. The highest BCUT2D eigenvalue weighted by Crippen LogP contribution is 2.30. The van der Waals surface area contributed by atoms with Gasteiger partial charge in [-0.2, -0.15) is 4.31 Å². The second kappa shape index (κ2) is 9.49. The number of rotatable bonds is 8. The number of piperidine rings is 1. The van der Waals surface area contributed by atoms with E-state index in [9.17, 15) is 8.42 Å². The van der Waals surface area contributed by atoms with E-state index in [4.69, 9.17) is 13.9 Å². The van der Waals surface area contributed by atoms with Crippen molar-refractivity contribution in [2.24, 2.45) is 0 Å². The van der Waals surface area contributed by atoms with Gasteiger partial charge in [0.25, 0.3) is 5.89 Å². The van der Waals surface area contributed by atoms with Crippen LogP contribution in [0.1, 0.15) is 37.5 Å². The quantitative estimate of drug-likeness (QED) is 0.525. The monoisotopic (exact) mass is 443 g/mol. The molecule has 0 bridgehead atoms. The van der Waals surface area contributed by atoms with Crippen molar-refractivity contribution in [3.63, 3.8) is 0 Å². The number of para-hydroxylation sites is 1. The molecule has 0 N–H and O–H groups in total.